The molecule has 1 amide bonds. The number of aromatic nitrogens is 2. The standard InChI is InChI=1S/C25H23N3O2/c1-18-23(24(28-30-18)21-9-3-2-4-10-21)20-11-13-22(14-12-20)25(29)27-16-6-8-19-7-5-15-26-17-19/h2-5,7,9-15,17H,6,8,16H2,1H3,(H,27,29). The number of aryl methyl sites for hydroxylation is 2. The Morgan fingerprint density at radius 1 is 0.967 bits per heavy atom. The van der Waals surface area contributed by atoms with Crippen molar-refractivity contribution < 1.29 is 9.32 Å². The molecule has 30 heavy (non-hydrogen) atoms. The third-order valence-corrected chi connectivity index (χ3v) is 5.00. The van der Waals surface area contributed by atoms with Gasteiger partial charge in [-0.15, -0.1) is 0 Å². The summed E-state index contributed by atoms with van der Waals surface area (Å²) >= 11 is 0. The molecule has 0 aliphatic heterocycles. The van der Waals surface area contributed by atoms with Crippen molar-refractivity contribution in [2.75, 3.05) is 6.54 Å². The number of benzene rings is 2. The number of rotatable bonds is 7. The Morgan fingerprint density at radius 3 is 2.50 bits per heavy atom. The fourth-order valence-corrected chi connectivity index (χ4v) is 3.44. The Kier molecular flexibility index (Phi) is 5.99. The summed E-state index contributed by atoms with van der Waals surface area (Å²) in [5.74, 6) is 0.680. The SMILES string of the molecule is Cc1onc(-c2ccccc2)c1-c1ccc(C(=O)NCCCc2cccnc2)cc1. The van der Waals surface area contributed by atoms with E-state index in [1.807, 2.05) is 79.9 Å². The Morgan fingerprint density at radius 2 is 1.77 bits per heavy atom. The first-order chi connectivity index (χ1) is 14.7. The quantitative estimate of drug-likeness (QED) is 0.442. The van der Waals surface area contributed by atoms with Crippen LogP contribution in [0.15, 0.2) is 83.6 Å². The van der Waals surface area contributed by atoms with Crippen molar-refractivity contribution in [1.82, 2.24) is 15.5 Å². The predicted octanol–water partition coefficient (Wildman–Crippen LogP) is 5.07. The first-order valence-electron chi connectivity index (χ1n) is 10.0. The third kappa shape index (κ3) is 4.46. The molecule has 4 rings (SSSR count). The third-order valence-electron chi connectivity index (χ3n) is 5.00. The van der Waals surface area contributed by atoms with Crippen molar-refractivity contribution in [3.8, 4) is 22.4 Å². The average molecular weight is 397 g/mol. The molecule has 4 aromatic rings. The first-order valence-corrected chi connectivity index (χ1v) is 10.0. The number of hydrogen-bond donors (Lipinski definition) is 1. The highest BCUT2D eigenvalue weighted by Crippen LogP contribution is 2.34. The van der Waals surface area contributed by atoms with Gasteiger partial charge in [0.2, 0.25) is 0 Å². The van der Waals surface area contributed by atoms with Gasteiger partial charge in [-0.25, -0.2) is 0 Å². The molecule has 0 aliphatic rings. The van der Waals surface area contributed by atoms with Crippen LogP contribution in [0.2, 0.25) is 0 Å². The molecular weight excluding hydrogens is 374 g/mol. The highest BCUT2D eigenvalue weighted by Gasteiger charge is 2.17. The number of nitrogens with zero attached hydrogens (tertiary/aromatic N) is 2. The molecule has 150 valence electrons. The second-order valence-corrected chi connectivity index (χ2v) is 7.13. The van der Waals surface area contributed by atoms with Gasteiger partial charge in [-0.3, -0.25) is 9.78 Å². The fourth-order valence-electron chi connectivity index (χ4n) is 3.44. The van der Waals surface area contributed by atoms with Crippen LogP contribution in [-0.4, -0.2) is 22.6 Å². The molecular formula is C25H23N3O2. The lowest BCUT2D eigenvalue weighted by molar-refractivity contribution is 0.0953. The summed E-state index contributed by atoms with van der Waals surface area (Å²) in [5.41, 5.74) is 5.54. The molecule has 5 nitrogen and oxygen atoms in total. The van der Waals surface area contributed by atoms with Gasteiger partial charge in [-0.05, 0) is 49.1 Å². The minimum Gasteiger partial charge on any atom is -0.360 e. The molecule has 0 fully saturated rings. The van der Waals surface area contributed by atoms with Crippen molar-refractivity contribution in [2.45, 2.75) is 19.8 Å². The van der Waals surface area contributed by atoms with E-state index >= 15 is 0 Å². The molecule has 2 heterocycles. The summed E-state index contributed by atoms with van der Waals surface area (Å²) in [6.07, 6.45) is 5.38. The van der Waals surface area contributed by atoms with Crippen LogP contribution < -0.4 is 5.32 Å². The maximum Gasteiger partial charge on any atom is 0.251 e. The summed E-state index contributed by atoms with van der Waals surface area (Å²) in [6.45, 7) is 2.52. The average Bonchev–Trinajstić information content (AvgIpc) is 3.19. The topological polar surface area (TPSA) is 68.0 Å². The number of carbonyl (C=O) groups is 1. The van der Waals surface area contributed by atoms with Crippen LogP contribution in [0.5, 0.6) is 0 Å². The van der Waals surface area contributed by atoms with Crippen LogP contribution in [0.3, 0.4) is 0 Å². The van der Waals surface area contributed by atoms with E-state index in [0.717, 1.165) is 41.0 Å². The van der Waals surface area contributed by atoms with Crippen LogP contribution in [0.25, 0.3) is 22.4 Å². The van der Waals surface area contributed by atoms with Gasteiger partial charge in [-0.1, -0.05) is 53.7 Å². The van der Waals surface area contributed by atoms with Gasteiger partial charge in [0.1, 0.15) is 11.5 Å². The van der Waals surface area contributed by atoms with Crippen LogP contribution in [0.4, 0.5) is 0 Å². The molecule has 0 unspecified atom stereocenters. The molecule has 0 spiro atoms. The molecule has 0 bridgehead atoms. The summed E-state index contributed by atoms with van der Waals surface area (Å²) in [6, 6.07) is 21.5. The second kappa shape index (κ2) is 9.18. The van der Waals surface area contributed by atoms with E-state index in [0.29, 0.717) is 12.1 Å². The first kappa shape index (κ1) is 19.6. The predicted molar refractivity (Wildman–Crippen MR) is 117 cm³/mol. The Labute approximate surface area is 175 Å². The van der Waals surface area contributed by atoms with Gasteiger partial charge >= 0.3 is 0 Å². The summed E-state index contributed by atoms with van der Waals surface area (Å²) in [4.78, 5) is 16.6. The molecule has 1 N–H and O–H groups in total. The van der Waals surface area contributed by atoms with Crippen LogP contribution in [0.1, 0.15) is 28.1 Å². The van der Waals surface area contributed by atoms with Crippen LogP contribution in [0, 0.1) is 6.92 Å². The maximum absolute atomic E-state index is 12.5. The van der Waals surface area contributed by atoms with Gasteiger partial charge in [0.05, 0.1) is 5.56 Å². The van der Waals surface area contributed by atoms with Gasteiger partial charge in [0.25, 0.3) is 5.91 Å². The molecule has 0 radical (unpaired) electrons. The van der Waals surface area contributed by atoms with Gasteiger partial charge in [0.15, 0.2) is 0 Å². The summed E-state index contributed by atoms with van der Waals surface area (Å²) in [7, 11) is 0. The molecule has 0 saturated heterocycles. The van der Waals surface area contributed by atoms with Crippen LogP contribution >= 0.6 is 0 Å². The zero-order chi connectivity index (χ0) is 20.8. The second-order valence-electron chi connectivity index (χ2n) is 7.13. The number of hydrogen-bond acceptors (Lipinski definition) is 4. The Hall–Kier alpha value is -3.73. The summed E-state index contributed by atoms with van der Waals surface area (Å²) < 4.78 is 5.45. The molecule has 0 atom stereocenters. The van der Waals surface area contributed by atoms with E-state index < -0.39 is 0 Å². The van der Waals surface area contributed by atoms with Crippen molar-refractivity contribution >= 4 is 5.91 Å². The minimum atomic E-state index is -0.0712. The van der Waals surface area contributed by atoms with E-state index in [1.54, 1.807) is 6.20 Å². The number of pyridine rings is 1. The van der Waals surface area contributed by atoms with E-state index in [4.69, 9.17) is 4.52 Å². The zero-order valence-corrected chi connectivity index (χ0v) is 16.8. The lowest BCUT2D eigenvalue weighted by Crippen LogP contribution is -2.24. The Balaban J connectivity index is 1.41. The van der Waals surface area contributed by atoms with Crippen molar-refractivity contribution in [2.24, 2.45) is 0 Å². The maximum atomic E-state index is 12.5. The minimum absolute atomic E-state index is 0.0712. The molecule has 2 aromatic carbocycles. The lowest BCUT2D eigenvalue weighted by atomic mass is 9.98. The van der Waals surface area contributed by atoms with Crippen LogP contribution in [-0.2, 0) is 6.42 Å². The van der Waals surface area contributed by atoms with Gasteiger partial charge in [0, 0.05) is 30.1 Å². The van der Waals surface area contributed by atoms with Gasteiger partial charge < -0.3 is 9.84 Å². The van der Waals surface area contributed by atoms with Gasteiger partial charge in [-0.2, -0.15) is 0 Å². The zero-order valence-electron chi connectivity index (χ0n) is 16.8. The fraction of sp³-hybridized carbons (Fsp3) is 0.160. The highest BCUT2D eigenvalue weighted by molar-refractivity contribution is 5.95. The largest absolute Gasteiger partial charge is 0.360 e. The lowest BCUT2D eigenvalue weighted by Gasteiger charge is -2.07. The molecule has 0 saturated carbocycles. The molecule has 2 aromatic heterocycles. The van der Waals surface area contributed by atoms with E-state index in [9.17, 15) is 4.79 Å². The van der Waals surface area contributed by atoms with Crippen molar-refractivity contribution in [1.29, 1.82) is 0 Å². The number of nitrogens with one attached hydrogen (secondary N) is 1. The molecule has 0 aliphatic carbocycles. The number of carbonyl (C=O) groups excluding carboxylic acids is 1. The highest BCUT2D eigenvalue weighted by atomic mass is 16.5. The van der Waals surface area contributed by atoms with E-state index in [1.165, 1.54) is 5.56 Å². The smallest absolute Gasteiger partial charge is 0.251 e. The molecule has 5 heteroatoms. The van der Waals surface area contributed by atoms with E-state index in [2.05, 4.69) is 15.5 Å². The Bertz CT molecular complexity index is 1100. The van der Waals surface area contributed by atoms with E-state index in [-0.39, 0.29) is 5.91 Å². The van der Waals surface area contributed by atoms with Crippen molar-refractivity contribution in [3.63, 3.8) is 0 Å². The number of amides is 1. The summed E-state index contributed by atoms with van der Waals surface area (Å²) in [5, 5.41) is 7.22. The normalized spacial score (nSPS) is 10.7. The van der Waals surface area contributed by atoms with Crippen molar-refractivity contribution in [3.05, 3.63) is 96.0 Å². The monoisotopic (exact) mass is 397 g/mol.